The first kappa shape index (κ1) is 30.5. The van der Waals surface area contributed by atoms with Crippen LogP contribution in [0.5, 0.6) is 0 Å². The normalized spacial score (nSPS) is 13.6. The predicted octanol–water partition coefficient (Wildman–Crippen LogP) is 5.95. The van der Waals surface area contributed by atoms with Gasteiger partial charge in [-0.15, -0.1) is 11.3 Å². The van der Waals surface area contributed by atoms with E-state index in [1.54, 1.807) is 17.5 Å². The molecule has 3 aromatic carbocycles. The van der Waals surface area contributed by atoms with Gasteiger partial charge < -0.3 is 20.6 Å². The molecule has 0 spiro atoms. The van der Waals surface area contributed by atoms with Crippen LogP contribution in [0.2, 0.25) is 0 Å². The topological polar surface area (TPSA) is 111 Å². The summed E-state index contributed by atoms with van der Waals surface area (Å²) < 4.78 is 2.05. The third-order valence-corrected chi connectivity index (χ3v) is 9.04. The number of aliphatic hydroxyl groups excluding tert-OH is 1. The fourth-order valence-corrected chi connectivity index (χ4v) is 6.64. The maximum absolute atomic E-state index is 12.8. The molecule has 4 heterocycles. The average Bonchev–Trinajstić information content (AvgIpc) is 3.71. The number of piperazine rings is 1. The molecule has 0 unspecified atom stereocenters. The monoisotopic (exact) mass is 644 g/mol. The average molecular weight is 645 g/mol. The zero-order valence-electron chi connectivity index (χ0n) is 25.9. The van der Waals surface area contributed by atoms with E-state index in [9.17, 15) is 4.79 Å². The van der Waals surface area contributed by atoms with E-state index in [1.807, 2.05) is 76.6 Å². The minimum atomic E-state index is -0.0734. The van der Waals surface area contributed by atoms with Crippen molar-refractivity contribution < 1.29 is 9.90 Å². The number of hydrogen-bond acceptors (Lipinski definition) is 9. The Morgan fingerprint density at radius 2 is 1.72 bits per heavy atom. The van der Waals surface area contributed by atoms with Crippen LogP contribution in [0.4, 0.5) is 23.0 Å². The van der Waals surface area contributed by atoms with Gasteiger partial charge in [0.05, 0.1) is 17.8 Å². The third kappa shape index (κ3) is 7.17. The highest BCUT2D eigenvalue weighted by Crippen LogP contribution is 2.35. The number of aromatic nitrogens is 4. The van der Waals surface area contributed by atoms with Crippen LogP contribution in [0.3, 0.4) is 0 Å². The number of benzene rings is 3. The van der Waals surface area contributed by atoms with Crippen molar-refractivity contribution in [1.82, 2.24) is 24.3 Å². The van der Waals surface area contributed by atoms with Crippen LogP contribution in [-0.4, -0.2) is 74.6 Å². The first-order valence-electron chi connectivity index (χ1n) is 15.8. The Balaban J connectivity index is 1.08. The van der Waals surface area contributed by atoms with E-state index in [0.717, 1.165) is 78.0 Å². The number of carbonyl (C=O) groups is 1. The zero-order chi connectivity index (χ0) is 32.0. The summed E-state index contributed by atoms with van der Waals surface area (Å²) in [5.41, 5.74) is 7.02. The molecule has 1 saturated heterocycles. The van der Waals surface area contributed by atoms with Crippen LogP contribution in [0.15, 0.2) is 103 Å². The number of fused-ring (bicyclic) bond motifs is 1. The van der Waals surface area contributed by atoms with Crippen LogP contribution in [-0.2, 0) is 11.2 Å². The summed E-state index contributed by atoms with van der Waals surface area (Å²) in [6.07, 6.45) is 4.88. The highest BCUT2D eigenvalue weighted by Gasteiger charge is 2.20. The lowest BCUT2D eigenvalue weighted by atomic mass is 10.1. The van der Waals surface area contributed by atoms with E-state index in [2.05, 4.69) is 49.7 Å². The lowest BCUT2D eigenvalue weighted by Crippen LogP contribution is -2.46. The molecular weight excluding hydrogens is 609 g/mol. The molecule has 10 nitrogen and oxygen atoms in total. The van der Waals surface area contributed by atoms with Crippen molar-refractivity contribution in [2.75, 3.05) is 54.9 Å². The van der Waals surface area contributed by atoms with Crippen molar-refractivity contribution in [2.24, 2.45) is 0 Å². The number of hydrogen-bond donors (Lipinski definition) is 3. The van der Waals surface area contributed by atoms with E-state index in [-0.39, 0.29) is 12.5 Å². The molecule has 238 valence electrons. The van der Waals surface area contributed by atoms with Crippen molar-refractivity contribution in [2.45, 2.75) is 12.8 Å². The number of amides is 1. The maximum atomic E-state index is 12.8. The van der Waals surface area contributed by atoms with Gasteiger partial charge in [-0.05, 0) is 54.4 Å². The predicted molar refractivity (Wildman–Crippen MR) is 188 cm³/mol. The molecule has 6 aromatic rings. The molecule has 3 N–H and O–H groups in total. The summed E-state index contributed by atoms with van der Waals surface area (Å²) >= 11 is 1.56. The molecule has 0 saturated carbocycles. The number of thiazole rings is 1. The van der Waals surface area contributed by atoms with Crippen LogP contribution >= 0.6 is 11.3 Å². The summed E-state index contributed by atoms with van der Waals surface area (Å²) in [5.74, 6) is 0.418. The van der Waals surface area contributed by atoms with Gasteiger partial charge >= 0.3 is 0 Å². The Kier molecular flexibility index (Phi) is 9.18. The Morgan fingerprint density at radius 3 is 2.53 bits per heavy atom. The van der Waals surface area contributed by atoms with Gasteiger partial charge in [-0.2, -0.15) is 0 Å². The van der Waals surface area contributed by atoms with Gasteiger partial charge in [0.1, 0.15) is 5.69 Å². The Labute approximate surface area is 277 Å². The zero-order valence-corrected chi connectivity index (χ0v) is 26.7. The molecule has 47 heavy (non-hydrogen) atoms. The molecule has 3 aromatic heterocycles. The summed E-state index contributed by atoms with van der Waals surface area (Å²) in [4.78, 5) is 32.8. The number of aliphatic hydroxyl groups is 1. The van der Waals surface area contributed by atoms with Crippen molar-refractivity contribution in [1.29, 1.82) is 0 Å². The molecule has 0 atom stereocenters. The smallest absolute Gasteiger partial charge is 0.228 e. The van der Waals surface area contributed by atoms with Crippen LogP contribution in [0.25, 0.3) is 27.6 Å². The SMILES string of the molecule is O=C(Cc1ccccc1)Nc1cccc(-c2nc3sccn3c2-c2ccnc(Nc3ccc(N4CCN(CCCO)CC4)cc3)n2)c1. The second-order valence-electron chi connectivity index (χ2n) is 11.5. The van der Waals surface area contributed by atoms with E-state index in [0.29, 0.717) is 18.1 Å². The van der Waals surface area contributed by atoms with E-state index in [1.165, 1.54) is 5.69 Å². The number of imidazole rings is 1. The van der Waals surface area contributed by atoms with Crippen LogP contribution < -0.4 is 15.5 Å². The number of rotatable bonds is 11. The highest BCUT2D eigenvalue weighted by molar-refractivity contribution is 7.15. The molecule has 0 radical (unpaired) electrons. The largest absolute Gasteiger partial charge is 0.396 e. The van der Waals surface area contributed by atoms with E-state index in [4.69, 9.17) is 15.1 Å². The minimum Gasteiger partial charge on any atom is -0.396 e. The first-order valence-corrected chi connectivity index (χ1v) is 16.7. The summed E-state index contributed by atoms with van der Waals surface area (Å²) in [6.45, 7) is 5.14. The standard InChI is InChI=1S/C36H36N8O2S/c45-22-5-16-42-17-19-43(20-18-42)30-12-10-28(11-13-30)39-35-37-15-14-31(40-35)34-33(41-36-44(34)21-23-47-36)27-8-4-9-29(25-27)38-32(46)24-26-6-2-1-3-7-26/h1-4,6-15,21,23,25,45H,5,16-20,22,24H2,(H,38,46)(H,37,39,40). The molecule has 0 bridgehead atoms. The molecule has 0 aliphatic carbocycles. The molecule has 1 fully saturated rings. The molecule has 1 aliphatic rings. The summed E-state index contributed by atoms with van der Waals surface area (Å²) in [7, 11) is 0. The number of carbonyl (C=O) groups excluding carboxylic acids is 1. The van der Waals surface area contributed by atoms with Crippen molar-refractivity contribution in [3.05, 3.63) is 108 Å². The molecule has 11 heteroatoms. The van der Waals surface area contributed by atoms with Crippen molar-refractivity contribution in [3.63, 3.8) is 0 Å². The number of nitrogens with zero attached hydrogens (tertiary/aromatic N) is 6. The Hall–Kier alpha value is -5.10. The lowest BCUT2D eigenvalue weighted by Gasteiger charge is -2.36. The summed E-state index contributed by atoms with van der Waals surface area (Å²) in [6, 6.07) is 27.8. The fraction of sp³-hybridized carbons (Fsp3) is 0.222. The Morgan fingerprint density at radius 1 is 0.894 bits per heavy atom. The van der Waals surface area contributed by atoms with Gasteiger partial charge in [0.15, 0.2) is 4.96 Å². The lowest BCUT2D eigenvalue weighted by molar-refractivity contribution is -0.115. The van der Waals surface area contributed by atoms with Crippen LogP contribution in [0, 0.1) is 0 Å². The van der Waals surface area contributed by atoms with Crippen molar-refractivity contribution >= 4 is 45.2 Å². The number of nitrogens with one attached hydrogen (secondary N) is 2. The van der Waals surface area contributed by atoms with E-state index >= 15 is 0 Å². The van der Waals surface area contributed by atoms with Gasteiger partial charge in [0, 0.05) is 79.7 Å². The molecule has 7 rings (SSSR count). The molecule has 1 aliphatic heterocycles. The third-order valence-electron chi connectivity index (χ3n) is 8.28. The second-order valence-corrected chi connectivity index (χ2v) is 12.4. The minimum absolute atomic E-state index is 0.0734. The van der Waals surface area contributed by atoms with Gasteiger partial charge in [-0.25, -0.2) is 15.0 Å². The van der Waals surface area contributed by atoms with Gasteiger partial charge in [0.25, 0.3) is 0 Å². The van der Waals surface area contributed by atoms with Crippen molar-refractivity contribution in [3.8, 4) is 22.6 Å². The quantitative estimate of drug-likeness (QED) is 0.159. The van der Waals surface area contributed by atoms with E-state index < -0.39 is 0 Å². The molecule has 1 amide bonds. The van der Waals surface area contributed by atoms with Gasteiger partial charge in [-0.3, -0.25) is 14.1 Å². The highest BCUT2D eigenvalue weighted by atomic mass is 32.1. The maximum Gasteiger partial charge on any atom is 0.228 e. The first-order chi connectivity index (χ1) is 23.1. The number of anilines is 4. The van der Waals surface area contributed by atoms with Crippen LogP contribution in [0.1, 0.15) is 12.0 Å². The molecular formula is C36H36N8O2S. The van der Waals surface area contributed by atoms with Gasteiger partial charge in [-0.1, -0.05) is 42.5 Å². The fourth-order valence-electron chi connectivity index (χ4n) is 5.92. The second kappa shape index (κ2) is 14.1. The summed E-state index contributed by atoms with van der Waals surface area (Å²) in [5, 5.41) is 17.5. The Bertz CT molecular complexity index is 1950. The van der Waals surface area contributed by atoms with Gasteiger partial charge in [0.2, 0.25) is 11.9 Å².